The number of hydrogen-bond donors (Lipinski definition) is 1. The number of aryl methyl sites for hydroxylation is 1. The van der Waals surface area contributed by atoms with E-state index in [9.17, 15) is 26.8 Å². The van der Waals surface area contributed by atoms with Crippen LogP contribution in [0, 0.1) is 6.92 Å². The molecule has 1 aromatic heterocycles. The van der Waals surface area contributed by atoms with Crippen molar-refractivity contribution in [3.8, 4) is 5.75 Å². The van der Waals surface area contributed by atoms with E-state index in [1.54, 1.807) is 23.1 Å². The van der Waals surface area contributed by atoms with Crippen molar-refractivity contribution in [1.82, 2.24) is 19.1 Å². The number of carbonyl (C=O) groups excluding carboxylic acids is 2. The van der Waals surface area contributed by atoms with E-state index in [4.69, 9.17) is 16.3 Å². The molecule has 3 aromatic rings. The highest BCUT2D eigenvalue weighted by molar-refractivity contribution is 7.89. The molecule has 0 bridgehead atoms. The van der Waals surface area contributed by atoms with Crippen LogP contribution in [0.4, 0.5) is 14.5 Å². The van der Waals surface area contributed by atoms with E-state index in [2.05, 4.69) is 10.3 Å². The van der Waals surface area contributed by atoms with Gasteiger partial charge < -0.3 is 19.9 Å². The van der Waals surface area contributed by atoms with Crippen molar-refractivity contribution < 1.29 is 31.5 Å². The molecule has 46 heavy (non-hydrogen) atoms. The molecule has 2 aliphatic rings. The number of nitrogens with zero attached hydrogens (tertiary/aromatic N) is 4. The monoisotopic (exact) mass is 677 g/mol. The van der Waals surface area contributed by atoms with Crippen molar-refractivity contribution in [3.63, 3.8) is 0 Å². The van der Waals surface area contributed by atoms with Crippen molar-refractivity contribution in [2.45, 2.75) is 62.4 Å². The van der Waals surface area contributed by atoms with Crippen LogP contribution in [-0.4, -0.2) is 97.2 Å². The van der Waals surface area contributed by atoms with Crippen molar-refractivity contribution in [2.24, 2.45) is 0 Å². The lowest BCUT2D eigenvalue weighted by Gasteiger charge is -2.39. The first-order valence-electron chi connectivity index (χ1n) is 15.2. The van der Waals surface area contributed by atoms with E-state index in [0.29, 0.717) is 43.4 Å². The maximum Gasteiger partial charge on any atom is 0.322 e. The predicted octanol–water partition coefficient (Wildman–Crippen LogP) is 4.95. The molecule has 10 nitrogen and oxygen atoms in total. The molecule has 0 aliphatic carbocycles. The first-order valence-corrected chi connectivity index (χ1v) is 17.1. The number of pyridine rings is 1. The van der Waals surface area contributed by atoms with Gasteiger partial charge in [-0.3, -0.25) is 14.6 Å². The van der Waals surface area contributed by atoms with E-state index >= 15 is 0 Å². The lowest BCUT2D eigenvalue weighted by molar-refractivity contribution is -0.160. The minimum Gasteiger partial charge on any atom is -0.497 e. The van der Waals surface area contributed by atoms with Crippen molar-refractivity contribution in [3.05, 3.63) is 59.2 Å². The number of hydrogen-bond acceptors (Lipinski definition) is 7. The summed E-state index contributed by atoms with van der Waals surface area (Å²) in [5, 5.41) is 4.74. The number of amides is 2. The highest BCUT2D eigenvalue weighted by atomic mass is 35.5. The van der Waals surface area contributed by atoms with Crippen LogP contribution in [0.3, 0.4) is 0 Å². The van der Waals surface area contributed by atoms with Gasteiger partial charge in [-0.1, -0.05) is 11.6 Å². The van der Waals surface area contributed by atoms with Gasteiger partial charge in [0.05, 0.1) is 17.5 Å². The van der Waals surface area contributed by atoms with Crippen molar-refractivity contribution in [2.75, 3.05) is 45.2 Å². The highest BCUT2D eigenvalue weighted by Gasteiger charge is 2.45. The standard InChI is InChI=1S/C32H38ClF2N5O5S/c1-21-19-28(26-20-22(33)6-11-27(26)37-21)36-14-18-40(46(43,44)25-9-7-24(45-3)8-10-25)23-12-16-38(17-13-23)30(41)29-5-4-15-39(29)31(42)32(2,34)35/h6-11,19-20,23,29H,4-5,12-18H2,1-3H3,(H,36,37). The second-order valence-electron chi connectivity index (χ2n) is 11.8. The van der Waals surface area contributed by atoms with Crippen LogP contribution in [-0.2, 0) is 19.6 Å². The first kappa shape index (κ1) is 33.8. The molecule has 1 unspecified atom stereocenters. The summed E-state index contributed by atoms with van der Waals surface area (Å²) in [6.45, 7) is 3.41. The lowest BCUT2D eigenvalue weighted by atomic mass is 10.0. The molecular formula is C32H38ClF2N5O5S. The second-order valence-corrected chi connectivity index (χ2v) is 14.1. The molecule has 0 saturated carbocycles. The summed E-state index contributed by atoms with van der Waals surface area (Å²) in [5.41, 5.74) is 2.33. The third kappa shape index (κ3) is 7.21. The number of nitrogens with one attached hydrogen (secondary N) is 1. The quantitative estimate of drug-likeness (QED) is 0.323. The van der Waals surface area contributed by atoms with E-state index in [0.717, 1.165) is 27.2 Å². The minimum atomic E-state index is -3.96. The van der Waals surface area contributed by atoms with Gasteiger partial charge in [-0.2, -0.15) is 13.1 Å². The number of fused-ring (bicyclic) bond motifs is 1. The number of ether oxygens (including phenoxy) is 1. The summed E-state index contributed by atoms with van der Waals surface area (Å²) in [6, 6.07) is 12.1. The first-order chi connectivity index (χ1) is 21.8. The van der Waals surface area contributed by atoms with Crippen molar-refractivity contribution in [1.29, 1.82) is 0 Å². The number of anilines is 1. The zero-order valence-corrected chi connectivity index (χ0v) is 27.6. The molecule has 1 atom stereocenters. The average Bonchev–Trinajstić information content (AvgIpc) is 3.52. The fraction of sp³-hybridized carbons (Fsp3) is 0.469. The van der Waals surface area contributed by atoms with Crippen molar-refractivity contribution >= 4 is 50.0 Å². The van der Waals surface area contributed by atoms with Crippen LogP contribution in [0.2, 0.25) is 5.02 Å². The van der Waals surface area contributed by atoms with Gasteiger partial charge >= 0.3 is 5.92 Å². The Hall–Kier alpha value is -3.55. The number of carbonyl (C=O) groups is 2. The van der Waals surface area contributed by atoms with Gasteiger partial charge in [-0.15, -0.1) is 0 Å². The van der Waals surface area contributed by atoms with Crippen LogP contribution in [0.5, 0.6) is 5.75 Å². The largest absolute Gasteiger partial charge is 0.497 e. The molecule has 0 radical (unpaired) electrons. The summed E-state index contributed by atoms with van der Waals surface area (Å²) in [4.78, 5) is 32.9. The summed E-state index contributed by atoms with van der Waals surface area (Å²) in [7, 11) is -2.46. The number of rotatable bonds is 10. The predicted molar refractivity (Wildman–Crippen MR) is 172 cm³/mol. The molecule has 14 heteroatoms. The van der Waals surface area contributed by atoms with Gasteiger partial charge in [0, 0.05) is 67.5 Å². The van der Waals surface area contributed by atoms with Gasteiger partial charge in [0.25, 0.3) is 5.91 Å². The molecule has 0 spiro atoms. The Kier molecular flexibility index (Phi) is 10.0. The fourth-order valence-corrected chi connectivity index (χ4v) is 8.12. The average molecular weight is 678 g/mol. The minimum absolute atomic E-state index is 0.106. The van der Waals surface area contributed by atoms with E-state index in [1.807, 2.05) is 25.1 Å². The van der Waals surface area contributed by atoms with Gasteiger partial charge in [0.2, 0.25) is 15.9 Å². The number of methoxy groups -OCH3 is 1. The molecule has 2 aliphatic heterocycles. The van der Waals surface area contributed by atoms with Crippen LogP contribution in [0.1, 0.15) is 38.3 Å². The smallest absolute Gasteiger partial charge is 0.322 e. The van der Waals surface area contributed by atoms with Crippen LogP contribution in [0.15, 0.2) is 53.4 Å². The molecule has 2 fully saturated rings. The summed E-state index contributed by atoms with van der Waals surface area (Å²) < 4.78 is 62.4. The fourth-order valence-electron chi connectivity index (χ4n) is 6.26. The molecule has 2 aromatic carbocycles. The van der Waals surface area contributed by atoms with Gasteiger partial charge in [-0.25, -0.2) is 8.42 Å². The number of sulfonamides is 1. The van der Waals surface area contributed by atoms with E-state index in [-0.39, 0.29) is 43.5 Å². The molecule has 5 rings (SSSR count). The summed E-state index contributed by atoms with van der Waals surface area (Å²) in [6.07, 6.45) is 1.48. The zero-order chi connectivity index (χ0) is 33.2. The third-order valence-electron chi connectivity index (χ3n) is 8.57. The molecule has 3 heterocycles. The topological polar surface area (TPSA) is 112 Å². The summed E-state index contributed by atoms with van der Waals surface area (Å²) >= 11 is 6.25. The summed E-state index contributed by atoms with van der Waals surface area (Å²) in [5.74, 6) is -4.76. The number of benzene rings is 2. The Morgan fingerprint density at radius 3 is 2.43 bits per heavy atom. The van der Waals surface area contributed by atoms with Crippen LogP contribution < -0.4 is 10.1 Å². The second kappa shape index (κ2) is 13.7. The number of aromatic nitrogens is 1. The van der Waals surface area contributed by atoms with E-state index < -0.39 is 33.9 Å². The van der Waals surface area contributed by atoms with Gasteiger partial charge in [-0.05, 0) is 81.1 Å². The SMILES string of the molecule is COc1ccc(S(=O)(=O)N(CCNc2cc(C)nc3ccc(Cl)cc23)C2CCN(C(=O)C3CCCN3C(=O)C(C)(F)F)CC2)cc1. The molecule has 2 amide bonds. The Morgan fingerprint density at radius 1 is 1.09 bits per heavy atom. The Balaban J connectivity index is 1.33. The zero-order valence-electron chi connectivity index (χ0n) is 26.0. The normalized spacial score (nSPS) is 17.9. The number of piperidine rings is 1. The molecule has 1 N–H and O–H groups in total. The molecule has 248 valence electrons. The van der Waals surface area contributed by atoms with Gasteiger partial charge in [0.15, 0.2) is 0 Å². The highest BCUT2D eigenvalue weighted by Crippen LogP contribution is 2.30. The molecular weight excluding hydrogens is 640 g/mol. The third-order valence-corrected chi connectivity index (χ3v) is 10.8. The Morgan fingerprint density at radius 2 is 1.78 bits per heavy atom. The maximum atomic E-state index is 14.1. The maximum absolute atomic E-state index is 14.1. The number of likely N-dealkylation sites (tertiary alicyclic amines) is 2. The lowest BCUT2D eigenvalue weighted by Crippen LogP contribution is -2.55. The Bertz CT molecular complexity index is 1700. The van der Waals surface area contributed by atoms with Crippen LogP contribution in [0.25, 0.3) is 10.9 Å². The Labute approximate surface area is 272 Å². The van der Waals surface area contributed by atoms with Gasteiger partial charge in [0.1, 0.15) is 11.8 Å². The van der Waals surface area contributed by atoms with Crippen LogP contribution >= 0.6 is 11.6 Å². The molecule has 2 saturated heterocycles. The van der Waals surface area contributed by atoms with E-state index in [1.165, 1.54) is 23.5 Å². The number of alkyl halides is 2. The number of halogens is 3.